The van der Waals surface area contributed by atoms with E-state index in [-0.39, 0.29) is 23.7 Å². The predicted octanol–water partition coefficient (Wildman–Crippen LogP) is 3.38. The molecule has 1 fully saturated rings. The average Bonchev–Trinajstić information content (AvgIpc) is 3.12. The van der Waals surface area contributed by atoms with E-state index >= 15 is 0 Å². The van der Waals surface area contributed by atoms with Crippen molar-refractivity contribution in [1.82, 2.24) is 10.2 Å². The van der Waals surface area contributed by atoms with Gasteiger partial charge in [0.05, 0.1) is 6.04 Å². The Morgan fingerprint density at radius 3 is 2.62 bits per heavy atom. The Morgan fingerprint density at radius 2 is 2.00 bits per heavy atom. The fourth-order valence-corrected chi connectivity index (χ4v) is 3.43. The van der Waals surface area contributed by atoms with Crippen molar-refractivity contribution in [3.8, 4) is 0 Å². The fraction of sp³-hybridized carbons (Fsp3) is 0.304. The molecule has 0 spiro atoms. The highest BCUT2D eigenvalue weighted by Gasteiger charge is 2.21. The molecule has 5 nitrogen and oxygen atoms in total. The summed E-state index contributed by atoms with van der Waals surface area (Å²) >= 11 is 0. The lowest BCUT2D eigenvalue weighted by Crippen LogP contribution is -2.33. The number of hydrogen-bond acceptors (Lipinski definition) is 3. The SMILES string of the molecule is CN(C)C(CNC(=O)/C=C/c1ccc(N2CCCC2=O)cc1)c1cccc(F)c1. The van der Waals surface area contributed by atoms with Gasteiger partial charge >= 0.3 is 0 Å². The topological polar surface area (TPSA) is 52.7 Å². The molecule has 1 aliphatic heterocycles. The Bertz CT molecular complexity index is 893. The van der Waals surface area contributed by atoms with Gasteiger partial charge in [0, 0.05) is 31.3 Å². The van der Waals surface area contributed by atoms with Crippen LogP contribution in [0.4, 0.5) is 10.1 Å². The van der Waals surface area contributed by atoms with Crippen molar-refractivity contribution in [3.63, 3.8) is 0 Å². The molecule has 0 aromatic heterocycles. The van der Waals surface area contributed by atoms with Crippen molar-refractivity contribution in [3.05, 3.63) is 71.6 Å². The summed E-state index contributed by atoms with van der Waals surface area (Å²) < 4.78 is 13.5. The zero-order valence-corrected chi connectivity index (χ0v) is 16.8. The molecule has 152 valence electrons. The van der Waals surface area contributed by atoms with Gasteiger partial charge in [0.1, 0.15) is 5.82 Å². The first-order valence-electron chi connectivity index (χ1n) is 9.72. The van der Waals surface area contributed by atoms with Crippen LogP contribution in [0.1, 0.15) is 30.0 Å². The van der Waals surface area contributed by atoms with Gasteiger partial charge in [-0.2, -0.15) is 0 Å². The molecule has 1 heterocycles. The maximum Gasteiger partial charge on any atom is 0.244 e. The second-order valence-corrected chi connectivity index (χ2v) is 7.35. The third-order valence-corrected chi connectivity index (χ3v) is 5.03. The highest BCUT2D eigenvalue weighted by molar-refractivity contribution is 5.95. The van der Waals surface area contributed by atoms with Crippen LogP contribution in [0.5, 0.6) is 0 Å². The van der Waals surface area contributed by atoms with Gasteiger partial charge < -0.3 is 15.1 Å². The van der Waals surface area contributed by atoms with E-state index in [4.69, 9.17) is 0 Å². The van der Waals surface area contributed by atoms with E-state index in [9.17, 15) is 14.0 Å². The number of nitrogens with one attached hydrogen (secondary N) is 1. The van der Waals surface area contributed by atoms with Gasteiger partial charge in [-0.25, -0.2) is 4.39 Å². The molecular formula is C23H26FN3O2. The van der Waals surface area contributed by atoms with Gasteiger partial charge in [0.15, 0.2) is 0 Å². The van der Waals surface area contributed by atoms with E-state index in [0.717, 1.165) is 29.8 Å². The van der Waals surface area contributed by atoms with Crippen LogP contribution < -0.4 is 10.2 Å². The first-order chi connectivity index (χ1) is 13.9. The number of benzene rings is 2. The molecule has 1 saturated heterocycles. The van der Waals surface area contributed by atoms with Crippen LogP contribution in [0.15, 0.2) is 54.6 Å². The minimum Gasteiger partial charge on any atom is -0.351 e. The van der Waals surface area contributed by atoms with Crippen molar-refractivity contribution in [1.29, 1.82) is 0 Å². The van der Waals surface area contributed by atoms with Crippen molar-refractivity contribution in [2.24, 2.45) is 0 Å². The number of rotatable bonds is 7. The summed E-state index contributed by atoms with van der Waals surface area (Å²) in [4.78, 5) is 27.8. The van der Waals surface area contributed by atoms with Gasteiger partial charge in [0.2, 0.25) is 11.8 Å². The highest BCUT2D eigenvalue weighted by atomic mass is 19.1. The van der Waals surface area contributed by atoms with Crippen LogP contribution in [0, 0.1) is 5.82 Å². The Morgan fingerprint density at radius 1 is 1.24 bits per heavy atom. The second-order valence-electron chi connectivity index (χ2n) is 7.35. The third-order valence-electron chi connectivity index (χ3n) is 5.03. The lowest BCUT2D eigenvalue weighted by molar-refractivity contribution is -0.117. The normalized spacial score (nSPS) is 15.3. The Balaban J connectivity index is 1.56. The first kappa shape index (κ1) is 20.7. The second kappa shape index (κ2) is 9.47. The van der Waals surface area contributed by atoms with E-state index in [1.54, 1.807) is 17.0 Å². The molecule has 1 unspecified atom stereocenters. The Hall–Kier alpha value is -2.99. The van der Waals surface area contributed by atoms with E-state index in [2.05, 4.69) is 5.32 Å². The van der Waals surface area contributed by atoms with Crippen molar-refractivity contribution >= 4 is 23.6 Å². The summed E-state index contributed by atoms with van der Waals surface area (Å²) in [5, 5.41) is 2.87. The zero-order valence-electron chi connectivity index (χ0n) is 16.8. The molecule has 29 heavy (non-hydrogen) atoms. The minimum absolute atomic E-state index is 0.125. The first-order valence-corrected chi connectivity index (χ1v) is 9.72. The summed E-state index contributed by atoms with van der Waals surface area (Å²) in [6.45, 7) is 1.13. The number of likely N-dealkylation sites (N-methyl/N-ethyl adjacent to an activating group) is 1. The van der Waals surface area contributed by atoms with Gasteiger partial charge in [0.25, 0.3) is 0 Å². The van der Waals surface area contributed by atoms with E-state index in [0.29, 0.717) is 13.0 Å². The lowest BCUT2D eigenvalue weighted by Gasteiger charge is -2.24. The molecule has 1 aliphatic rings. The largest absolute Gasteiger partial charge is 0.351 e. The molecule has 2 amide bonds. The maximum absolute atomic E-state index is 13.5. The van der Waals surface area contributed by atoms with Crippen LogP contribution in [0.2, 0.25) is 0 Å². The summed E-state index contributed by atoms with van der Waals surface area (Å²) in [6.07, 6.45) is 4.71. The van der Waals surface area contributed by atoms with Crippen molar-refractivity contribution in [2.45, 2.75) is 18.9 Å². The molecule has 0 bridgehead atoms. The van der Waals surface area contributed by atoms with Crippen molar-refractivity contribution < 1.29 is 14.0 Å². The standard InChI is InChI=1S/C23H26FN3O2/c1-26(2)21(18-5-3-6-19(24)15-18)16-25-22(28)13-10-17-8-11-20(12-9-17)27-14-4-7-23(27)29/h3,5-6,8-13,15,21H,4,7,14,16H2,1-2H3,(H,25,28)/b13-10+. The number of nitrogens with zero attached hydrogens (tertiary/aromatic N) is 2. The maximum atomic E-state index is 13.5. The van der Waals surface area contributed by atoms with Crippen LogP contribution >= 0.6 is 0 Å². The van der Waals surface area contributed by atoms with Gasteiger partial charge in [-0.15, -0.1) is 0 Å². The number of carbonyl (C=O) groups is 2. The minimum atomic E-state index is -0.292. The molecule has 0 radical (unpaired) electrons. The Labute approximate surface area is 170 Å². The molecule has 0 aliphatic carbocycles. The molecular weight excluding hydrogens is 369 g/mol. The van der Waals surface area contributed by atoms with Gasteiger partial charge in [-0.3, -0.25) is 9.59 Å². The molecule has 6 heteroatoms. The van der Waals surface area contributed by atoms with Gasteiger partial charge in [-0.05, 0) is 62.0 Å². The summed E-state index contributed by atoms with van der Waals surface area (Å²) in [5.41, 5.74) is 2.58. The van der Waals surface area contributed by atoms with Gasteiger partial charge in [-0.1, -0.05) is 24.3 Å². The number of halogens is 1. The third kappa shape index (κ3) is 5.51. The molecule has 1 N–H and O–H groups in total. The van der Waals surface area contributed by atoms with E-state index in [1.807, 2.05) is 49.3 Å². The summed E-state index contributed by atoms with van der Waals surface area (Å²) in [5.74, 6) is -0.354. The van der Waals surface area contributed by atoms with Crippen LogP contribution in [-0.4, -0.2) is 43.9 Å². The summed E-state index contributed by atoms with van der Waals surface area (Å²) in [6, 6.07) is 13.9. The monoisotopic (exact) mass is 395 g/mol. The number of anilines is 1. The number of amides is 2. The van der Waals surface area contributed by atoms with Crippen molar-refractivity contribution in [2.75, 3.05) is 32.1 Å². The summed E-state index contributed by atoms with van der Waals surface area (Å²) in [7, 11) is 3.79. The van der Waals surface area contributed by atoms with Crippen LogP contribution in [0.25, 0.3) is 6.08 Å². The quantitative estimate of drug-likeness (QED) is 0.732. The molecule has 1 atom stereocenters. The predicted molar refractivity (Wildman–Crippen MR) is 113 cm³/mol. The molecule has 3 rings (SSSR count). The molecule has 2 aromatic carbocycles. The average molecular weight is 395 g/mol. The smallest absolute Gasteiger partial charge is 0.244 e. The Kier molecular flexibility index (Phi) is 6.77. The fourth-order valence-electron chi connectivity index (χ4n) is 3.43. The molecule has 2 aromatic rings. The highest BCUT2D eigenvalue weighted by Crippen LogP contribution is 2.22. The zero-order chi connectivity index (χ0) is 20.8. The number of carbonyl (C=O) groups excluding carboxylic acids is 2. The van der Waals surface area contributed by atoms with Crippen LogP contribution in [0.3, 0.4) is 0 Å². The van der Waals surface area contributed by atoms with Crippen LogP contribution in [-0.2, 0) is 9.59 Å². The number of hydrogen-bond donors (Lipinski definition) is 1. The molecule has 0 saturated carbocycles. The lowest BCUT2D eigenvalue weighted by atomic mass is 10.1. The van der Waals surface area contributed by atoms with E-state index in [1.165, 1.54) is 18.2 Å². The van der Waals surface area contributed by atoms with E-state index < -0.39 is 0 Å².